The molecule has 24 heavy (non-hydrogen) atoms. The fourth-order valence-corrected chi connectivity index (χ4v) is 3.46. The molecule has 7 heteroatoms. The van der Waals surface area contributed by atoms with Crippen LogP contribution in [0.25, 0.3) is 11.1 Å². The molecule has 4 rings (SSSR count). The van der Waals surface area contributed by atoms with Crippen molar-refractivity contribution < 1.29 is 9.21 Å². The average molecular weight is 351 g/mol. The highest BCUT2D eigenvalue weighted by atomic mass is 35.5. The molecule has 0 saturated carbocycles. The van der Waals surface area contributed by atoms with E-state index < -0.39 is 0 Å². The number of nitrogens with zero attached hydrogens (tertiary/aromatic N) is 3. The number of nitrogens with one attached hydrogen (secondary N) is 1. The van der Waals surface area contributed by atoms with Crippen molar-refractivity contribution in [2.45, 2.75) is 12.8 Å². The molecule has 0 spiro atoms. The van der Waals surface area contributed by atoms with E-state index >= 15 is 0 Å². The number of rotatable bonds is 2. The quantitative estimate of drug-likeness (QED) is 0.896. The van der Waals surface area contributed by atoms with E-state index in [1.54, 1.807) is 0 Å². The molecule has 2 fully saturated rings. The van der Waals surface area contributed by atoms with Gasteiger partial charge in [0.25, 0.3) is 6.01 Å². The number of carbonyl (C=O) groups is 1. The normalized spacial score (nSPS) is 19.3. The summed E-state index contributed by atoms with van der Waals surface area (Å²) in [6.45, 7) is 5.15. The Balaban J connectivity index is 0.00000169. The lowest BCUT2D eigenvalue weighted by atomic mass is 9.95. The van der Waals surface area contributed by atoms with Crippen molar-refractivity contribution in [2.75, 3.05) is 44.2 Å². The Morgan fingerprint density at radius 3 is 2.54 bits per heavy atom. The van der Waals surface area contributed by atoms with Crippen molar-refractivity contribution in [1.29, 1.82) is 0 Å². The number of hydrogen-bond donors (Lipinski definition) is 1. The van der Waals surface area contributed by atoms with Crippen LogP contribution in [0.2, 0.25) is 0 Å². The van der Waals surface area contributed by atoms with Crippen molar-refractivity contribution in [3.8, 4) is 0 Å². The Labute approximate surface area is 147 Å². The van der Waals surface area contributed by atoms with Gasteiger partial charge >= 0.3 is 0 Å². The summed E-state index contributed by atoms with van der Waals surface area (Å²) in [5.74, 6) is 0.470. The zero-order valence-corrected chi connectivity index (χ0v) is 14.4. The Hall–Kier alpha value is -1.79. The number of benzene rings is 1. The Morgan fingerprint density at radius 1 is 1.12 bits per heavy atom. The van der Waals surface area contributed by atoms with Crippen LogP contribution in [0.15, 0.2) is 28.7 Å². The molecule has 0 bridgehead atoms. The number of amides is 1. The molecule has 2 aromatic rings. The van der Waals surface area contributed by atoms with Crippen molar-refractivity contribution >= 4 is 35.4 Å². The first-order chi connectivity index (χ1) is 11.3. The van der Waals surface area contributed by atoms with Gasteiger partial charge in [-0.1, -0.05) is 12.1 Å². The first kappa shape index (κ1) is 17.0. The van der Waals surface area contributed by atoms with Gasteiger partial charge < -0.3 is 19.5 Å². The molecule has 3 heterocycles. The van der Waals surface area contributed by atoms with Crippen molar-refractivity contribution in [3.63, 3.8) is 0 Å². The predicted molar refractivity (Wildman–Crippen MR) is 95.6 cm³/mol. The van der Waals surface area contributed by atoms with Crippen LogP contribution in [0.3, 0.4) is 0 Å². The second-order valence-electron chi connectivity index (χ2n) is 6.30. The lowest BCUT2D eigenvalue weighted by Gasteiger charge is -2.35. The minimum absolute atomic E-state index is 0. The maximum absolute atomic E-state index is 12.6. The van der Waals surface area contributed by atoms with Gasteiger partial charge in [-0.25, -0.2) is 0 Å². The SMILES string of the molecule is Cl.O=C(C1CCN(c2nc3ccccc3o2)CC1)N1CCNCC1. The zero-order valence-electron chi connectivity index (χ0n) is 13.6. The smallest absolute Gasteiger partial charge is 0.298 e. The number of aromatic nitrogens is 1. The van der Waals surface area contributed by atoms with Gasteiger partial charge in [-0.05, 0) is 25.0 Å². The summed E-state index contributed by atoms with van der Waals surface area (Å²) in [7, 11) is 0. The molecule has 0 atom stereocenters. The molecule has 0 radical (unpaired) electrons. The number of oxazole rings is 1. The van der Waals surface area contributed by atoms with Crippen molar-refractivity contribution in [3.05, 3.63) is 24.3 Å². The summed E-state index contributed by atoms with van der Waals surface area (Å²) >= 11 is 0. The maximum atomic E-state index is 12.6. The van der Waals surface area contributed by atoms with Gasteiger partial charge in [0.1, 0.15) is 5.52 Å². The Bertz CT molecular complexity index is 658. The summed E-state index contributed by atoms with van der Waals surface area (Å²) in [6.07, 6.45) is 1.75. The van der Waals surface area contributed by atoms with Gasteiger partial charge in [0.15, 0.2) is 5.58 Å². The number of para-hydroxylation sites is 2. The van der Waals surface area contributed by atoms with E-state index in [1.807, 2.05) is 29.2 Å². The van der Waals surface area contributed by atoms with Crippen LogP contribution in [-0.2, 0) is 4.79 Å². The monoisotopic (exact) mass is 350 g/mol. The Morgan fingerprint density at radius 2 is 1.83 bits per heavy atom. The van der Waals surface area contributed by atoms with E-state index in [9.17, 15) is 4.79 Å². The number of halogens is 1. The zero-order chi connectivity index (χ0) is 15.6. The summed E-state index contributed by atoms with van der Waals surface area (Å²) in [4.78, 5) is 21.3. The third-order valence-electron chi connectivity index (χ3n) is 4.83. The van der Waals surface area contributed by atoms with E-state index in [0.717, 1.165) is 63.2 Å². The van der Waals surface area contributed by atoms with Gasteiger partial charge in [-0.15, -0.1) is 12.4 Å². The van der Waals surface area contributed by atoms with Crippen LogP contribution in [0.1, 0.15) is 12.8 Å². The largest absolute Gasteiger partial charge is 0.423 e. The van der Waals surface area contributed by atoms with Crippen LogP contribution in [0.5, 0.6) is 0 Å². The predicted octanol–water partition coefficient (Wildman–Crippen LogP) is 1.90. The lowest BCUT2D eigenvalue weighted by Crippen LogP contribution is -2.50. The summed E-state index contributed by atoms with van der Waals surface area (Å²) in [5, 5.41) is 3.29. The van der Waals surface area contributed by atoms with Crippen molar-refractivity contribution in [2.24, 2.45) is 5.92 Å². The second kappa shape index (κ2) is 7.40. The van der Waals surface area contributed by atoms with Crippen LogP contribution >= 0.6 is 12.4 Å². The number of hydrogen-bond acceptors (Lipinski definition) is 5. The van der Waals surface area contributed by atoms with Crippen LogP contribution in [0.4, 0.5) is 6.01 Å². The minimum Gasteiger partial charge on any atom is -0.423 e. The molecule has 0 unspecified atom stereocenters. The molecule has 1 aromatic carbocycles. The van der Waals surface area contributed by atoms with Crippen molar-refractivity contribution in [1.82, 2.24) is 15.2 Å². The number of fused-ring (bicyclic) bond motifs is 1. The molecule has 1 aromatic heterocycles. The third kappa shape index (κ3) is 3.35. The highest BCUT2D eigenvalue weighted by Gasteiger charge is 2.30. The third-order valence-corrected chi connectivity index (χ3v) is 4.83. The van der Waals surface area contributed by atoms with Gasteiger partial charge in [0.05, 0.1) is 0 Å². The average Bonchev–Trinajstić information content (AvgIpc) is 3.06. The molecular weight excluding hydrogens is 328 g/mol. The minimum atomic E-state index is 0. The maximum Gasteiger partial charge on any atom is 0.298 e. The van der Waals surface area contributed by atoms with Gasteiger partial charge in [0.2, 0.25) is 5.91 Å². The van der Waals surface area contributed by atoms with Gasteiger partial charge in [-0.2, -0.15) is 4.98 Å². The summed E-state index contributed by atoms with van der Waals surface area (Å²) in [5.41, 5.74) is 1.71. The highest BCUT2D eigenvalue weighted by molar-refractivity contribution is 5.85. The number of piperidine rings is 1. The fourth-order valence-electron chi connectivity index (χ4n) is 3.46. The van der Waals surface area contributed by atoms with Crippen LogP contribution in [0, 0.1) is 5.92 Å². The summed E-state index contributed by atoms with van der Waals surface area (Å²) in [6, 6.07) is 8.50. The lowest BCUT2D eigenvalue weighted by molar-refractivity contribution is -0.136. The molecule has 130 valence electrons. The fraction of sp³-hybridized carbons (Fsp3) is 0.529. The van der Waals surface area contributed by atoms with Gasteiger partial charge in [0, 0.05) is 45.2 Å². The van der Waals surface area contributed by atoms with E-state index in [-0.39, 0.29) is 18.3 Å². The van der Waals surface area contributed by atoms with Crippen LogP contribution in [-0.4, -0.2) is 55.1 Å². The van der Waals surface area contributed by atoms with Gasteiger partial charge in [-0.3, -0.25) is 4.79 Å². The van der Waals surface area contributed by atoms with E-state index in [2.05, 4.69) is 15.2 Å². The van der Waals surface area contributed by atoms with Crippen LogP contribution < -0.4 is 10.2 Å². The highest BCUT2D eigenvalue weighted by Crippen LogP contribution is 2.27. The molecule has 2 aliphatic heterocycles. The molecular formula is C17H23ClN4O2. The van der Waals surface area contributed by atoms with E-state index in [1.165, 1.54) is 0 Å². The Kier molecular flexibility index (Phi) is 5.26. The number of carbonyl (C=O) groups excluding carboxylic acids is 1. The molecule has 6 nitrogen and oxygen atoms in total. The first-order valence-corrected chi connectivity index (χ1v) is 8.41. The first-order valence-electron chi connectivity index (χ1n) is 8.41. The second-order valence-corrected chi connectivity index (χ2v) is 6.30. The van der Waals surface area contributed by atoms with E-state index in [0.29, 0.717) is 11.9 Å². The van der Waals surface area contributed by atoms with E-state index in [4.69, 9.17) is 4.42 Å². The molecule has 0 aliphatic carbocycles. The molecule has 2 aliphatic rings. The number of anilines is 1. The molecule has 1 amide bonds. The topological polar surface area (TPSA) is 61.6 Å². The summed E-state index contributed by atoms with van der Waals surface area (Å²) < 4.78 is 5.83. The molecule has 1 N–H and O–H groups in total. The number of piperazine rings is 1. The standard InChI is InChI=1S/C17H22N4O2.ClH/c22-16(20-11-7-18-8-12-20)13-5-9-21(10-6-13)17-19-14-3-1-2-4-15(14)23-17;/h1-4,13,18H,5-12H2;1H. The molecule has 2 saturated heterocycles.